The Morgan fingerprint density at radius 3 is 2.43 bits per heavy atom. The highest BCUT2D eigenvalue weighted by atomic mass is 35.5. The van der Waals surface area contributed by atoms with Gasteiger partial charge in [-0.3, -0.25) is 4.55 Å². The third kappa shape index (κ3) is 3.68. The van der Waals surface area contributed by atoms with E-state index in [2.05, 4.69) is 10.2 Å². The van der Waals surface area contributed by atoms with Gasteiger partial charge in [0.25, 0.3) is 10.1 Å². The van der Waals surface area contributed by atoms with E-state index in [1.165, 1.54) is 19.1 Å². The molecular formula is C18H13ClN2O6S. The summed E-state index contributed by atoms with van der Waals surface area (Å²) in [5, 5.41) is 28.4. The molecule has 8 nitrogen and oxygen atoms in total. The van der Waals surface area contributed by atoms with Gasteiger partial charge in [-0.2, -0.15) is 13.5 Å². The van der Waals surface area contributed by atoms with Crippen LogP contribution < -0.4 is 0 Å². The molecule has 3 rings (SSSR count). The van der Waals surface area contributed by atoms with Crippen LogP contribution in [-0.2, 0) is 10.1 Å². The molecule has 0 atom stereocenters. The number of fused-ring (bicyclic) bond motifs is 1. The highest BCUT2D eigenvalue weighted by molar-refractivity contribution is 7.85. The topological polar surface area (TPSA) is 137 Å². The van der Waals surface area contributed by atoms with Crippen LogP contribution in [0.25, 0.3) is 10.8 Å². The number of benzene rings is 3. The predicted octanol–water partition coefficient (Wildman–Crippen LogP) is 4.87. The minimum atomic E-state index is -4.54. The van der Waals surface area contributed by atoms with Crippen LogP contribution in [0.15, 0.2) is 57.6 Å². The van der Waals surface area contributed by atoms with Crippen molar-refractivity contribution in [1.82, 2.24) is 0 Å². The lowest BCUT2D eigenvalue weighted by Gasteiger charge is -2.08. The van der Waals surface area contributed by atoms with Crippen molar-refractivity contribution in [1.29, 1.82) is 0 Å². The Labute approximate surface area is 164 Å². The lowest BCUT2D eigenvalue weighted by Crippen LogP contribution is -2.01. The van der Waals surface area contributed by atoms with Crippen LogP contribution in [0.3, 0.4) is 0 Å². The van der Waals surface area contributed by atoms with Crippen LogP contribution in [-0.4, -0.2) is 29.2 Å². The van der Waals surface area contributed by atoms with Crippen molar-refractivity contribution >= 4 is 49.8 Å². The maximum atomic E-state index is 11.5. The Kier molecular flexibility index (Phi) is 5.07. The standard InChI is InChI=1S/C18H13ClN2O6S/c1-9-14(19)7-11(8-15(9)28(25,26)27)20-21-16-12-5-3-2-4-10(12)6-13(17(16)22)18(23)24/h2-8,22H,1H3,(H,23,24)(H,25,26,27). The fraction of sp³-hybridized carbons (Fsp3) is 0.0556. The lowest BCUT2D eigenvalue weighted by molar-refractivity contribution is 0.0694. The van der Waals surface area contributed by atoms with Crippen molar-refractivity contribution in [2.75, 3.05) is 0 Å². The molecule has 0 fully saturated rings. The molecule has 10 heteroatoms. The molecule has 0 aliphatic heterocycles. The maximum absolute atomic E-state index is 11.5. The SMILES string of the molecule is Cc1c(Cl)cc(N=Nc2c(O)c(C(=O)O)cc3ccccc23)cc1S(=O)(=O)O. The molecule has 0 bridgehead atoms. The Morgan fingerprint density at radius 1 is 1.11 bits per heavy atom. The predicted molar refractivity (Wildman–Crippen MR) is 103 cm³/mol. The highest BCUT2D eigenvalue weighted by Gasteiger charge is 2.19. The number of hydrogen-bond acceptors (Lipinski definition) is 6. The van der Waals surface area contributed by atoms with E-state index >= 15 is 0 Å². The number of carboxylic acid groups (broad SMARTS) is 1. The van der Waals surface area contributed by atoms with Crippen molar-refractivity contribution in [3.8, 4) is 5.75 Å². The average Bonchev–Trinajstić information content (AvgIpc) is 2.62. The van der Waals surface area contributed by atoms with Crippen LogP contribution in [0.5, 0.6) is 5.75 Å². The average molecular weight is 421 g/mol. The second-order valence-corrected chi connectivity index (χ2v) is 7.67. The molecule has 0 saturated carbocycles. The van der Waals surface area contributed by atoms with E-state index < -0.39 is 26.7 Å². The zero-order valence-electron chi connectivity index (χ0n) is 14.3. The van der Waals surface area contributed by atoms with Crippen molar-refractivity contribution in [2.24, 2.45) is 10.2 Å². The van der Waals surface area contributed by atoms with E-state index in [0.29, 0.717) is 10.8 Å². The number of aromatic carboxylic acids is 1. The molecule has 28 heavy (non-hydrogen) atoms. The van der Waals surface area contributed by atoms with Crippen molar-refractivity contribution in [3.05, 3.63) is 58.6 Å². The Morgan fingerprint density at radius 2 is 1.79 bits per heavy atom. The van der Waals surface area contributed by atoms with Crippen molar-refractivity contribution in [3.63, 3.8) is 0 Å². The quantitative estimate of drug-likeness (QED) is 0.407. The van der Waals surface area contributed by atoms with Gasteiger partial charge in [0, 0.05) is 10.4 Å². The van der Waals surface area contributed by atoms with E-state index in [-0.39, 0.29) is 27.5 Å². The number of hydrogen-bond donors (Lipinski definition) is 3. The van der Waals surface area contributed by atoms with Crippen LogP contribution in [0, 0.1) is 6.92 Å². The molecule has 0 aromatic heterocycles. The number of carboxylic acids is 1. The Bertz CT molecular complexity index is 1250. The van der Waals surface area contributed by atoms with Gasteiger partial charge in [-0.1, -0.05) is 35.9 Å². The number of phenols is 1. The number of aromatic hydroxyl groups is 1. The minimum absolute atomic E-state index is 0.00701. The van der Waals surface area contributed by atoms with E-state index in [9.17, 15) is 28.0 Å². The molecule has 0 aliphatic rings. The summed E-state index contributed by atoms with van der Waals surface area (Å²) in [4.78, 5) is 11.0. The lowest BCUT2D eigenvalue weighted by atomic mass is 10.0. The Hall–Kier alpha value is -3.01. The van der Waals surface area contributed by atoms with E-state index in [1.807, 2.05) is 0 Å². The summed E-state index contributed by atoms with van der Waals surface area (Å²) in [5.41, 5.74) is -0.314. The zero-order chi connectivity index (χ0) is 20.6. The van der Waals surface area contributed by atoms with E-state index in [0.717, 1.165) is 6.07 Å². The van der Waals surface area contributed by atoms with Gasteiger partial charge in [-0.25, -0.2) is 4.79 Å². The Balaban J connectivity index is 2.21. The van der Waals surface area contributed by atoms with Crippen molar-refractivity contribution in [2.45, 2.75) is 11.8 Å². The smallest absolute Gasteiger partial charge is 0.339 e. The molecule has 144 valence electrons. The summed E-state index contributed by atoms with van der Waals surface area (Å²) in [7, 11) is -4.54. The van der Waals surface area contributed by atoms with Gasteiger partial charge in [0.15, 0.2) is 5.75 Å². The number of halogens is 1. The first-order chi connectivity index (χ1) is 13.1. The summed E-state index contributed by atoms with van der Waals surface area (Å²) >= 11 is 6.00. The second-order valence-electron chi connectivity index (χ2n) is 5.87. The normalized spacial score (nSPS) is 12.0. The zero-order valence-corrected chi connectivity index (χ0v) is 15.9. The van der Waals surface area contributed by atoms with Crippen LogP contribution >= 0.6 is 11.6 Å². The van der Waals surface area contributed by atoms with Crippen molar-refractivity contribution < 1.29 is 28.0 Å². The number of carbonyl (C=O) groups is 1. The van der Waals surface area contributed by atoms with Gasteiger partial charge in [0.05, 0.1) is 5.69 Å². The number of rotatable bonds is 4. The molecule has 0 saturated heterocycles. The summed E-state index contributed by atoms with van der Waals surface area (Å²) in [6.07, 6.45) is 0. The van der Waals surface area contributed by atoms with Gasteiger partial charge in [-0.15, -0.1) is 5.11 Å². The largest absolute Gasteiger partial charge is 0.505 e. The van der Waals surface area contributed by atoms with E-state index in [4.69, 9.17) is 11.6 Å². The third-order valence-electron chi connectivity index (χ3n) is 4.05. The van der Waals surface area contributed by atoms with E-state index in [1.54, 1.807) is 24.3 Å². The molecular weight excluding hydrogens is 408 g/mol. The molecule has 3 N–H and O–H groups in total. The number of nitrogens with zero attached hydrogens (tertiary/aromatic N) is 2. The van der Waals surface area contributed by atoms with Crippen LogP contribution in [0.2, 0.25) is 5.02 Å². The summed E-state index contributed by atoms with van der Waals surface area (Å²) in [5.74, 6) is -1.92. The summed E-state index contributed by atoms with van der Waals surface area (Å²) in [6.45, 7) is 1.42. The molecule has 0 heterocycles. The number of azo groups is 1. The molecule has 0 unspecified atom stereocenters. The fourth-order valence-electron chi connectivity index (χ4n) is 2.66. The first kappa shape index (κ1) is 19.7. The van der Waals surface area contributed by atoms with Crippen LogP contribution in [0.1, 0.15) is 15.9 Å². The first-order valence-corrected chi connectivity index (χ1v) is 9.58. The monoisotopic (exact) mass is 420 g/mol. The molecule has 3 aromatic carbocycles. The molecule has 0 spiro atoms. The van der Waals surface area contributed by atoms with Crippen LogP contribution in [0.4, 0.5) is 11.4 Å². The summed E-state index contributed by atoms with van der Waals surface area (Å²) < 4.78 is 32.3. The summed E-state index contributed by atoms with van der Waals surface area (Å²) in [6, 6.07) is 10.4. The first-order valence-electron chi connectivity index (χ1n) is 7.77. The third-order valence-corrected chi connectivity index (χ3v) is 5.42. The van der Waals surface area contributed by atoms with Gasteiger partial charge in [0.1, 0.15) is 16.1 Å². The molecule has 0 amide bonds. The van der Waals surface area contributed by atoms with Gasteiger partial charge >= 0.3 is 5.97 Å². The second kappa shape index (κ2) is 7.19. The van der Waals surface area contributed by atoms with Gasteiger partial charge in [-0.05, 0) is 36.1 Å². The molecule has 0 radical (unpaired) electrons. The minimum Gasteiger partial charge on any atom is -0.505 e. The van der Waals surface area contributed by atoms with Gasteiger partial charge < -0.3 is 10.2 Å². The van der Waals surface area contributed by atoms with Gasteiger partial charge in [0.2, 0.25) is 0 Å². The fourth-order valence-corrected chi connectivity index (χ4v) is 3.69. The highest BCUT2D eigenvalue weighted by Crippen LogP contribution is 2.39. The molecule has 0 aliphatic carbocycles. The molecule has 3 aromatic rings. The maximum Gasteiger partial charge on any atom is 0.339 e.